The van der Waals surface area contributed by atoms with Gasteiger partial charge in [-0.05, 0) is 38.8 Å². The average molecular weight is 794 g/mol. The summed E-state index contributed by atoms with van der Waals surface area (Å²) in [6.45, 7) is 4.97. The zero-order valence-corrected chi connectivity index (χ0v) is 30.8. The fraction of sp³-hybridized carbons (Fsp3) is 0.375. The Bertz CT molecular complexity index is 2340. The molecular weight excluding hydrogens is 759 g/mol. The van der Waals surface area contributed by atoms with E-state index in [1.165, 1.54) is 14.1 Å². The maximum Gasteiger partial charge on any atom is 0.352 e. The van der Waals surface area contributed by atoms with E-state index in [2.05, 4.69) is 19.1 Å². The monoisotopic (exact) mass is 792 g/mol. The minimum absolute atomic E-state index is 0.267. The molecule has 1 saturated carbocycles. The number of nitrogens with zero attached hydrogens (tertiary/aromatic N) is 8. The summed E-state index contributed by atoms with van der Waals surface area (Å²) in [5.74, 6) is 0.662. The van der Waals surface area contributed by atoms with Crippen LogP contribution in [-0.4, -0.2) is 28.2 Å². The highest BCUT2D eigenvalue weighted by atomic mass is 35.7. The highest BCUT2D eigenvalue weighted by molar-refractivity contribution is 5.77. The van der Waals surface area contributed by atoms with Crippen molar-refractivity contribution in [1.82, 2.24) is 28.2 Å². The molecule has 0 spiro atoms. The van der Waals surface area contributed by atoms with E-state index in [1.807, 2.05) is 71.5 Å². The van der Waals surface area contributed by atoms with E-state index >= 15 is 0 Å². The zero-order valence-electron chi connectivity index (χ0n) is 29.2. The third-order valence-corrected chi connectivity index (χ3v) is 9.26. The molecule has 2 aromatic carbocycles. The lowest BCUT2D eigenvalue weighted by atomic mass is 9.88. The van der Waals surface area contributed by atoms with E-state index in [1.54, 1.807) is 0 Å². The predicted molar refractivity (Wildman–Crippen MR) is 164 cm³/mol. The Kier molecular flexibility index (Phi) is 11.6. The molecular formula is C32H34Cl2N8O12. The fourth-order valence-electron chi connectivity index (χ4n) is 7.21. The van der Waals surface area contributed by atoms with Crippen LogP contribution in [0.25, 0.3) is 45.1 Å². The van der Waals surface area contributed by atoms with E-state index in [0.717, 1.165) is 56.9 Å². The molecule has 5 aliphatic rings. The molecule has 7 rings (SSSR count). The first-order valence-electron chi connectivity index (χ1n) is 16.4. The van der Waals surface area contributed by atoms with E-state index in [0.29, 0.717) is 36.1 Å². The first-order valence-corrected chi connectivity index (χ1v) is 18.9. The zero-order chi connectivity index (χ0) is 39.9. The highest BCUT2D eigenvalue weighted by Crippen LogP contribution is 2.43. The number of para-hydroxylation sites is 4. The van der Waals surface area contributed by atoms with E-state index in [-0.39, 0.29) is 12.1 Å². The van der Waals surface area contributed by atoms with Gasteiger partial charge in [0.15, 0.2) is 0 Å². The van der Waals surface area contributed by atoms with Gasteiger partial charge in [0.25, 0.3) is 0 Å². The summed E-state index contributed by atoms with van der Waals surface area (Å²) in [7, 11) is -6.98. The van der Waals surface area contributed by atoms with Crippen LogP contribution < -0.4 is 68.9 Å². The van der Waals surface area contributed by atoms with Crippen LogP contribution in [-0.2, 0) is 27.2 Å². The van der Waals surface area contributed by atoms with Crippen LogP contribution in [0.3, 0.4) is 0 Å². The summed E-state index contributed by atoms with van der Waals surface area (Å²) in [4.78, 5) is 62.5. The van der Waals surface area contributed by atoms with Crippen LogP contribution >= 0.6 is 0 Å². The predicted octanol–water partition coefficient (Wildman–Crippen LogP) is -7.83. The SMILES string of the molecule is CC[n+]1c2c(=O)n(C)c(=O)nc-2n([C@H]2CCCC[C@@H]2n2c3nc(=O)n(C)c(=O)c-3[n+](CC)c3ccccc32)c2ccccc21.[O-][Cl+3]([O-])([O-])[O-].[O-][Cl+3]([O-])([O-])[O-]. The smallest absolute Gasteiger partial charge is 0.310 e. The molecule has 1 aliphatic carbocycles. The molecule has 0 aromatic heterocycles. The number of halogens is 2. The lowest BCUT2D eigenvalue weighted by Gasteiger charge is -2.37. The van der Waals surface area contributed by atoms with Gasteiger partial charge in [0.1, 0.15) is 24.1 Å². The standard InChI is InChI=1S/C32H34N8O4.2ClHO4/c1-5-37-19-13-7-9-15-21(19)39(27-25(37)29(41)35(3)31(43)33-27)23-17-11-12-18-24(23)40-22-16-10-8-14-20(22)38(6-2)26-28(40)34-32(44)36(4)30(26)42;2*2-1(3,4)5/h7-10,13-16,23-24H,5-6,11-12,17-18H2,1-4H3;2*(H,2,3,4,5)/q+2;;/p-2/t23-,24-;;/m0../s1. The van der Waals surface area contributed by atoms with Gasteiger partial charge in [-0.2, -0.15) is 19.1 Å². The summed E-state index contributed by atoms with van der Waals surface area (Å²) in [5.41, 5.74) is 2.10. The molecule has 0 bridgehead atoms. The number of fused-ring (bicyclic) bond motifs is 4. The first kappa shape index (κ1) is 40.4. The third-order valence-electron chi connectivity index (χ3n) is 9.26. The molecule has 54 heavy (non-hydrogen) atoms. The lowest BCUT2D eigenvalue weighted by Crippen LogP contribution is -2.68. The summed E-state index contributed by atoms with van der Waals surface area (Å²) in [6.07, 6.45) is 3.30. The highest BCUT2D eigenvalue weighted by Gasteiger charge is 2.41. The first-order chi connectivity index (χ1) is 25.3. The van der Waals surface area contributed by atoms with Gasteiger partial charge in [-0.15, -0.1) is 20.5 Å². The maximum absolute atomic E-state index is 13.7. The average Bonchev–Trinajstić information content (AvgIpc) is 3.10. The maximum atomic E-state index is 13.7. The van der Waals surface area contributed by atoms with Gasteiger partial charge >= 0.3 is 33.9 Å². The Morgan fingerprint density at radius 3 is 1.24 bits per heavy atom. The van der Waals surface area contributed by atoms with Gasteiger partial charge < -0.3 is 9.13 Å². The quantitative estimate of drug-likeness (QED) is 0.118. The van der Waals surface area contributed by atoms with Crippen LogP contribution in [0.2, 0.25) is 0 Å². The minimum Gasteiger partial charge on any atom is -0.310 e. The Balaban J connectivity index is 0.000000499. The number of hydrogen-bond donors (Lipinski definition) is 0. The van der Waals surface area contributed by atoms with Crippen LogP contribution in [0, 0.1) is 20.5 Å². The van der Waals surface area contributed by atoms with E-state index in [9.17, 15) is 19.2 Å². The molecule has 4 heterocycles. The van der Waals surface area contributed by atoms with Gasteiger partial charge in [-0.25, -0.2) is 46.9 Å². The molecule has 288 valence electrons. The number of benzene rings is 2. The molecule has 2 aromatic rings. The van der Waals surface area contributed by atoms with Crippen LogP contribution in [0.1, 0.15) is 51.6 Å². The summed E-state index contributed by atoms with van der Waals surface area (Å²) >= 11 is 0. The van der Waals surface area contributed by atoms with Crippen molar-refractivity contribution in [2.24, 2.45) is 14.1 Å². The van der Waals surface area contributed by atoms with Gasteiger partial charge in [0, 0.05) is 26.2 Å². The van der Waals surface area contributed by atoms with Crippen molar-refractivity contribution in [2.75, 3.05) is 0 Å². The van der Waals surface area contributed by atoms with Crippen LogP contribution in [0.4, 0.5) is 0 Å². The van der Waals surface area contributed by atoms with Gasteiger partial charge in [0.05, 0.1) is 12.1 Å². The van der Waals surface area contributed by atoms with Crippen molar-refractivity contribution in [3.8, 4) is 23.0 Å². The van der Waals surface area contributed by atoms with Crippen molar-refractivity contribution in [3.05, 3.63) is 90.2 Å². The summed E-state index contributed by atoms with van der Waals surface area (Å²) in [5, 5.41) is 0. The number of hydrogen-bond acceptors (Lipinski definition) is 14. The Hall–Kier alpha value is -4.74. The summed E-state index contributed by atoms with van der Waals surface area (Å²) in [6, 6.07) is 15.2. The molecule has 0 unspecified atom stereocenters. The lowest BCUT2D eigenvalue weighted by molar-refractivity contribution is -2.00. The van der Waals surface area contributed by atoms with Crippen molar-refractivity contribution >= 4 is 22.1 Å². The number of aryl methyl sites for hydroxylation is 2. The topological polar surface area (TPSA) is 306 Å². The van der Waals surface area contributed by atoms with Crippen molar-refractivity contribution in [3.63, 3.8) is 0 Å². The molecule has 0 amide bonds. The molecule has 20 nitrogen and oxygen atoms in total. The Morgan fingerprint density at radius 1 is 0.611 bits per heavy atom. The van der Waals surface area contributed by atoms with Crippen LogP contribution in [0.5, 0.6) is 0 Å². The molecule has 22 heteroatoms. The van der Waals surface area contributed by atoms with Crippen LogP contribution in [0.15, 0.2) is 67.7 Å². The number of aromatic nitrogens is 8. The van der Waals surface area contributed by atoms with Crippen molar-refractivity contribution in [2.45, 2.75) is 64.7 Å². The molecule has 4 aliphatic heterocycles. The van der Waals surface area contributed by atoms with Gasteiger partial charge in [-0.1, -0.05) is 37.1 Å². The van der Waals surface area contributed by atoms with Crippen molar-refractivity contribution < 1.29 is 66.9 Å². The third kappa shape index (κ3) is 8.03. The molecule has 1 fully saturated rings. The Morgan fingerprint density at radius 2 is 0.926 bits per heavy atom. The van der Waals surface area contributed by atoms with E-state index < -0.39 is 43.0 Å². The normalized spacial score (nSPS) is 16.3. The Labute approximate surface area is 308 Å². The number of rotatable bonds is 4. The minimum atomic E-state index is -4.94. The van der Waals surface area contributed by atoms with Gasteiger partial charge in [0.2, 0.25) is 22.7 Å². The van der Waals surface area contributed by atoms with E-state index in [4.69, 9.17) is 37.3 Å². The second-order valence-electron chi connectivity index (χ2n) is 12.2. The molecule has 0 N–H and O–H groups in total. The molecule has 0 saturated heterocycles. The summed E-state index contributed by atoms with van der Waals surface area (Å²) < 4.78 is 78.0. The van der Waals surface area contributed by atoms with Crippen molar-refractivity contribution in [1.29, 1.82) is 0 Å². The molecule has 2 atom stereocenters. The second-order valence-corrected chi connectivity index (χ2v) is 13.8. The fourth-order valence-corrected chi connectivity index (χ4v) is 7.21. The molecule has 0 radical (unpaired) electrons. The second kappa shape index (κ2) is 15.5. The largest absolute Gasteiger partial charge is 0.352 e. The van der Waals surface area contributed by atoms with Gasteiger partial charge in [-0.3, -0.25) is 18.7 Å².